The second-order valence-electron chi connectivity index (χ2n) is 2.63. The van der Waals surface area contributed by atoms with E-state index < -0.39 is 13.3 Å². The molecule has 0 aliphatic heterocycles. The smallest absolute Gasteiger partial charge is 0.238 e. The van der Waals surface area contributed by atoms with Crippen molar-refractivity contribution in [3.63, 3.8) is 0 Å². The Morgan fingerprint density at radius 1 is 1.50 bits per heavy atom. The first-order valence-corrected chi connectivity index (χ1v) is 5.45. The fourth-order valence-corrected chi connectivity index (χ4v) is 2.01. The number of halogens is 1. The van der Waals surface area contributed by atoms with Gasteiger partial charge in [0.1, 0.15) is 5.82 Å². The third-order valence-corrected chi connectivity index (χ3v) is 2.74. The highest BCUT2D eigenvalue weighted by Crippen LogP contribution is 2.27. The van der Waals surface area contributed by atoms with E-state index in [4.69, 9.17) is 16.2 Å². The van der Waals surface area contributed by atoms with E-state index in [1.807, 2.05) is 0 Å². The van der Waals surface area contributed by atoms with Crippen LogP contribution in [0.3, 0.4) is 0 Å². The van der Waals surface area contributed by atoms with Crippen molar-refractivity contribution in [2.45, 2.75) is 0 Å². The zero-order valence-corrected chi connectivity index (χ0v) is 7.99. The lowest BCUT2D eigenvalue weighted by atomic mass is 10.2. The molecule has 0 aromatic heterocycles. The van der Waals surface area contributed by atoms with Gasteiger partial charge in [-0.25, -0.2) is 4.39 Å². The molecular weight excluding hydrogens is 208 g/mol. The second kappa shape index (κ2) is 3.88. The summed E-state index contributed by atoms with van der Waals surface area (Å²) in [5.74, 6) is -0.782. The van der Waals surface area contributed by atoms with Crippen LogP contribution >= 0.6 is 7.44 Å². The van der Waals surface area contributed by atoms with Crippen molar-refractivity contribution in [3.8, 4) is 0 Å². The van der Waals surface area contributed by atoms with Crippen LogP contribution in [0.25, 0.3) is 0 Å². The Morgan fingerprint density at radius 2 is 2.14 bits per heavy atom. The van der Waals surface area contributed by atoms with Crippen LogP contribution < -0.4 is 16.3 Å². The summed E-state index contributed by atoms with van der Waals surface area (Å²) in [7, 11) is -3.70. The molecule has 0 unspecified atom stereocenters. The normalized spacial score (nSPS) is 12.2. The molecule has 0 bridgehead atoms. The number of benzene rings is 1. The Bertz CT molecular complexity index is 415. The summed E-state index contributed by atoms with van der Waals surface area (Å²) < 4.78 is 24.5. The first-order valence-electron chi connectivity index (χ1n) is 3.60. The molecule has 0 aliphatic carbocycles. The predicted molar refractivity (Wildman–Crippen MR) is 51.4 cm³/mol. The molecule has 0 spiro atoms. The van der Waals surface area contributed by atoms with E-state index in [1.54, 1.807) is 0 Å². The number of hydrogen-bond acceptors (Lipinski definition) is 3. The number of nitrogens with two attached hydrogens (primary N) is 2. The lowest BCUT2D eigenvalue weighted by molar-refractivity contribution is 0.322. The number of rotatable bonds is 2. The quantitative estimate of drug-likeness (QED) is 0.288. The maximum absolute atomic E-state index is 13.2. The Labute approximate surface area is 79.7 Å². The molecule has 0 saturated carbocycles. The van der Waals surface area contributed by atoms with Gasteiger partial charge in [-0.05, 0) is 6.07 Å². The summed E-state index contributed by atoms with van der Waals surface area (Å²) >= 11 is 0. The lowest BCUT2D eigenvalue weighted by Crippen LogP contribution is -2.25. The molecule has 1 rings (SSSR count). The van der Waals surface area contributed by atoms with E-state index >= 15 is 0 Å². The van der Waals surface area contributed by atoms with E-state index in [9.17, 15) is 8.96 Å². The van der Waals surface area contributed by atoms with Crippen molar-refractivity contribution in [2.75, 3.05) is 0 Å². The first-order chi connectivity index (χ1) is 6.46. The molecule has 5 N–H and O–H groups in total. The average molecular weight is 217 g/mol. The minimum Gasteiger partial charge on any atom is -0.411 e. The Kier molecular flexibility index (Phi) is 3.00. The van der Waals surface area contributed by atoms with Gasteiger partial charge in [0.05, 0.1) is 11.5 Å². The first kappa shape index (κ1) is 10.8. The fourth-order valence-electron chi connectivity index (χ4n) is 1.07. The highest BCUT2D eigenvalue weighted by Gasteiger charge is 2.21. The van der Waals surface area contributed by atoms with Crippen LogP contribution in [-0.4, -0.2) is 11.4 Å². The molecule has 0 fully saturated rings. The van der Waals surface area contributed by atoms with Gasteiger partial charge in [-0.1, -0.05) is 17.3 Å². The Balaban J connectivity index is 3.45. The fraction of sp³-hybridized carbons (Fsp3) is 0. The van der Waals surface area contributed by atoms with Crippen LogP contribution in [0, 0.1) is 5.82 Å². The standard InChI is InChI=1S/C7H9FN3O2P/c8-6-3-1-2-5(4-11-12)7(6)14(9,10)13/h1-4,12H,(H4,9,10,13). The van der Waals surface area contributed by atoms with Gasteiger partial charge >= 0.3 is 0 Å². The SMILES string of the molecule is NP(N)(=O)c1c(F)cccc1C=NO. The molecule has 0 atom stereocenters. The molecule has 0 radical (unpaired) electrons. The predicted octanol–water partition coefficient (Wildman–Crippen LogP) is 0.370. The number of hydrogen-bond donors (Lipinski definition) is 3. The zero-order valence-electron chi connectivity index (χ0n) is 7.09. The van der Waals surface area contributed by atoms with Crippen molar-refractivity contribution in [1.29, 1.82) is 0 Å². The number of oxime groups is 1. The summed E-state index contributed by atoms with van der Waals surface area (Å²) in [5, 5.41) is 10.7. The van der Waals surface area contributed by atoms with Gasteiger partial charge in [-0.3, -0.25) is 15.6 Å². The van der Waals surface area contributed by atoms with Gasteiger partial charge in [0.2, 0.25) is 7.44 Å². The van der Waals surface area contributed by atoms with Gasteiger partial charge in [-0.2, -0.15) is 0 Å². The van der Waals surface area contributed by atoms with Crippen molar-refractivity contribution >= 4 is 19.0 Å². The molecule has 5 nitrogen and oxygen atoms in total. The number of nitrogens with zero attached hydrogens (tertiary/aromatic N) is 1. The van der Waals surface area contributed by atoms with Crippen LogP contribution in [0.1, 0.15) is 5.56 Å². The van der Waals surface area contributed by atoms with Crippen molar-refractivity contribution in [3.05, 3.63) is 29.6 Å². The third-order valence-electron chi connectivity index (χ3n) is 1.56. The third kappa shape index (κ3) is 2.17. The molecule has 76 valence electrons. The van der Waals surface area contributed by atoms with Crippen LogP contribution in [0.15, 0.2) is 23.4 Å². The summed E-state index contributed by atoms with van der Waals surface area (Å²) in [6.07, 6.45) is 0.921. The minimum absolute atomic E-state index is 0.0980. The molecule has 1 aromatic rings. The van der Waals surface area contributed by atoms with Crippen LogP contribution in [-0.2, 0) is 4.57 Å². The van der Waals surface area contributed by atoms with Crippen LogP contribution in [0.5, 0.6) is 0 Å². The Morgan fingerprint density at radius 3 is 2.64 bits per heavy atom. The Hall–Kier alpha value is -1.23. The van der Waals surface area contributed by atoms with E-state index in [0.29, 0.717) is 0 Å². The molecule has 14 heavy (non-hydrogen) atoms. The summed E-state index contributed by atoms with van der Waals surface area (Å²) in [6.45, 7) is 0. The van der Waals surface area contributed by atoms with E-state index in [1.165, 1.54) is 12.1 Å². The molecular formula is C7H9FN3O2P. The van der Waals surface area contributed by atoms with Gasteiger partial charge in [0, 0.05) is 5.56 Å². The topological polar surface area (TPSA) is 102 Å². The highest BCUT2D eigenvalue weighted by molar-refractivity contribution is 7.67. The van der Waals surface area contributed by atoms with Crippen molar-refractivity contribution < 1.29 is 14.2 Å². The van der Waals surface area contributed by atoms with Gasteiger partial charge in [0.15, 0.2) is 0 Å². The molecule has 7 heteroatoms. The largest absolute Gasteiger partial charge is 0.411 e. The highest BCUT2D eigenvalue weighted by atomic mass is 31.2. The van der Waals surface area contributed by atoms with E-state index in [0.717, 1.165) is 12.3 Å². The molecule has 1 aromatic carbocycles. The molecule has 0 heterocycles. The van der Waals surface area contributed by atoms with Crippen LogP contribution in [0.4, 0.5) is 4.39 Å². The average Bonchev–Trinajstić information content (AvgIpc) is 2.02. The summed E-state index contributed by atoms with van der Waals surface area (Å²) in [6, 6.07) is 3.84. The summed E-state index contributed by atoms with van der Waals surface area (Å²) in [5.41, 5.74) is 10.4. The molecule has 0 saturated heterocycles. The molecule has 0 amide bonds. The zero-order chi connectivity index (χ0) is 10.8. The minimum atomic E-state index is -3.70. The maximum atomic E-state index is 13.2. The van der Waals surface area contributed by atoms with Crippen molar-refractivity contribution in [1.82, 2.24) is 0 Å². The van der Waals surface area contributed by atoms with Gasteiger partial charge in [0.25, 0.3) is 0 Å². The monoisotopic (exact) mass is 217 g/mol. The van der Waals surface area contributed by atoms with Gasteiger partial charge in [-0.15, -0.1) is 0 Å². The second-order valence-corrected chi connectivity index (χ2v) is 4.50. The van der Waals surface area contributed by atoms with Gasteiger partial charge < -0.3 is 5.21 Å². The molecule has 0 aliphatic rings. The van der Waals surface area contributed by atoms with E-state index in [-0.39, 0.29) is 10.9 Å². The van der Waals surface area contributed by atoms with Crippen LogP contribution in [0.2, 0.25) is 0 Å². The summed E-state index contributed by atoms with van der Waals surface area (Å²) in [4.78, 5) is 0. The van der Waals surface area contributed by atoms with Crippen molar-refractivity contribution in [2.24, 2.45) is 16.2 Å². The lowest BCUT2D eigenvalue weighted by Gasteiger charge is -2.10. The van der Waals surface area contributed by atoms with E-state index in [2.05, 4.69) is 5.16 Å². The maximum Gasteiger partial charge on any atom is 0.238 e.